The van der Waals surface area contributed by atoms with Gasteiger partial charge in [0.25, 0.3) is 15.9 Å². The first-order chi connectivity index (χ1) is 17.8. The number of aryl methyl sites for hydroxylation is 2. The van der Waals surface area contributed by atoms with E-state index >= 15 is 0 Å². The van der Waals surface area contributed by atoms with Gasteiger partial charge in [0.1, 0.15) is 5.69 Å². The molecule has 0 bridgehead atoms. The van der Waals surface area contributed by atoms with Crippen LogP contribution in [0.5, 0.6) is 0 Å². The topological polar surface area (TPSA) is 84.6 Å². The van der Waals surface area contributed by atoms with E-state index in [4.69, 9.17) is 0 Å². The van der Waals surface area contributed by atoms with Crippen LogP contribution in [0.15, 0.2) is 94.7 Å². The molecule has 1 aromatic heterocycles. The molecule has 190 valence electrons. The Bertz CT molecular complexity index is 1600. The zero-order valence-corrected chi connectivity index (χ0v) is 21.6. The van der Waals surface area contributed by atoms with Gasteiger partial charge in [-0.15, -0.1) is 0 Å². The van der Waals surface area contributed by atoms with E-state index in [1.54, 1.807) is 53.4 Å². The van der Waals surface area contributed by atoms with Gasteiger partial charge < -0.3 is 9.80 Å². The molecule has 1 saturated heterocycles. The van der Waals surface area contributed by atoms with Crippen molar-refractivity contribution in [2.24, 2.45) is 0 Å². The number of anilines is 1. The second-order valence-electron chi connectivity index (χ2n) is 9.15. The lowest BCUT2D eigenvalue weighted by Crippen LogP contribution is -2.49. The van der Waals surface area contributed by atoms with Gasteiger partial charge in [-0.25, -0.2) is 13.2 Å². The zero-order valence-electron chi connectivity index (χ0n) is 20.7. The summed E-state index contributed by atoms with van der Waals surface area (Å²) in [4.78, 5) is 31.1. The molecule has 1 aliphatic rings. The average molecular weight is 517 g/mol. The van der Waals surface area contributed by atoms with Crippen LogP contribution >= 0.6 is 0 Å². The summed E-state index contributed by atoms with van der Waals surface area (Å²) in [5.41, 5.74) is 3.11. The molecule has 9 heteroatoms. The number of hydrogen-bond donors (Lipinski definition) is 0. The van der Waals surface area contributed by atoms with Gasteiger partial charge in [-0.3, -0.25) is 9.36 Å². The Kier molecular flexibility index (Phi) is 6.47. The van der Waals surface area contributed by atoms with Gasteiger partial charge in [-0.05, 0) is 55.3 Å². The summed E-state index contributed by atoms with van der Waals surface area (Å²) in [6.45, 7) is 6.29. The third-order valence-electron chi connectivity index (χ3n) is 6.67. The van der Waals surface area contributed by atoms with E-state index in [2.05, 4.69) is 36.9 Å². The highest BCUT2D eigenvalue weighted by Crippen LogP contribution is 2.24. The van der Waals surface area contributed by atoms with Gasteiger partial charge in [0, 0.05) is 31.9 Å². The summed E-state index contributed by atoms with van der Waals surface area (Å²) >= 11 is 0. The summed E-state index contributed by atoms with van der Waals surface area (Å²) < 4.78 is 28.5. The highest BCUT2D eigenvalue weighted by atomic mass is 32.2. The number of imidazole rings is 1. The summed E-state index contributed by atoms with van der Waals surface area (Å²) in [5.74, 6) is -0.386. The highest BCUT2D eigenvalue weighted by Gasteiger charge is 2.30. The Morgan fingerprint density at radius 1 is 0.811 bits per heavy atom. The van der Waals surface area contributed by atoms with Crippen molar-refractivity contribution in [3.05, 3.63) is 112 Å². The van der Waals surface area contributed by atoms with E-state index in [1.165, 1.54) is 27.8 Å². The smallest absolute Gasteiger partial charge is 0.347 e. The predicted octanol–water partition coefficient (Wildman–Crippen LogP) is 3.46. The van der Waals surface area contributed by atoms with Crippen LogP contribution in [0.4, 0.5) is 5.69 Å². The Balaban J connectivity index is 1.50. The van der Waals surface area contributed by atoms with Crippen molar-refractivity contribution >= 4 is 21.6 Å². The molecule has 0 radical (unpaired) electrons. The second kappa shape index (κ2) is 9.74. The van der Waals surface area contributed by atoms with E-state index in [-0.39, 0.29) is 16.5 Å². The van der Waals surface area contributed by atoms with Crippen LogP contribution in [0.25, 0.3) is 5.69 Å². The second-order valence-corrected chi connectivity index (χ2v) is 11.0. The summed E-state index contributed by atoms with van der Waals surface area (Å²) in [6.07, 6.45) is 1.15. The first-order valence-corrected chi connectivity index (χ1v) is 13.5. The van der Waals surface area contributed by atoms with E-state index in [0.29, 0.717) is 35.8 Å². The molecule has 0 unspecified atom stereocenters. The molecule has 4 aromatic rings. The van der Waals surface area contributed by atoms with Crippen LogP contribution in [0, 0.1) is 13.8 Å². The maximum Gasteiger partial charge on any atom is 0.347 e. The van der Waals surface area contributed by atoms with Gasteiger partial charge in [0.2, 0.25) is 0 Å². The molecule has 1 amide bonds. The molecule has 0 N–H and O–H groups in total. The maximum absolute atomic E-state index is 13.7. The largest absolute Gasteiger partial charge is 0.368 e. The predicted molar refractivity (Wildman–Crippen MR) is 143 cm³/mol. The minimum absolute atomic E-state index is 0.0101. The van der Waals surface area contributed by atoms with Gasteiger partial charge in [-0.1, -0.05) is 48.5 Å². The standard InChI is InChI=1S/C28H28N4O4S/c1-21-13-14-22(2)25(19-21)29-15-17-30(18-16-29)27(33)26-20-31(37(35,36)24-11-7-4-8-12-24)28(34)32(26)23-9-5-3-6-10-23/h3-14,19-20H,15-18H2,1-2H3. The Hall–Kier alpha value is -4.11. The minimum Gasteiger partial charge on any atom is -0.368 e. The normalized spacial score (nSPS) is 14.1. The molecule has 1 aliphatic heterocycles. The number of amides is 1. The van der Waals surface area contributed by atoms with Gasteiger partial charge in [0.15, 0.2) is 0 Å². The molecular weight excluding hydrogens is 488 g/mol. The molecule has 0 aliphatic carbocycles. The van der Waals surface area contributed by atoms with Gasteiger partial charge in [-0.2, -0.15) is 3.97 Å². The van der Waals surface area contributed by atoms with Crippen LogP contribution in [0.3, 0.4) is 0 Å². The van der Waals surface area contributed by atoms with Gasteiger partial charge in [0.05, 0.1) is 16.8 Å². The number of piperazine rings is 1. The van der Waals surface area contributed by atoms with Crippen molar-refractivity contribution in [1.29, 1.82) is 0 Å². The fourth-order valence-corrected chi connectivity index (χ4v) is 5.91. The fourth-order valence-electron chi connectivity index (χ4n) is 4.65. The lowest BCUT2D eigenvalue weighted by molar-refractivity contribution is 0.0738. The van der Waals surface area contributed by atoms with E-state index in [0.717, 1.165) is 11.9 Å². The quantitative estimate of drug-likeness (QED) is 0.406. The summed E-state index contributed by atoms with van der Waals surface area (Å²) in [7, 11) is -4.19. The van der Waals surface area contributed by atoms with Crippen LogP contribution in [0.2, 0.25) is 0 Å². The minimum atomic E-state index is -4.19. The molecule has 0 atom stereocenters. The number of carbonyl (C=O) groups excluding carboxylic acids is 1. The molecule has 37 heavy (non-hydrogen) atoms. The molecule has 0 spiro atoms. The van der Waals surface area contributed by atoms with Crippen molar-refractivity contribution in [3.63, 3.8) is 0 Å². The van der Waals surface area contributed by atoms with Crippen LogP contribution < -0.4 is 10.6 Å². The number of aromatic nitrogens is 2. The number of para-hydroxylation sites is 1. The molecule has 3 aromatic carbocycles. The SMILES string of the molecule is Cc1ccc(C)c(N2CCN(C(=O)c3cn(S(=O)(=O)c4ccccc4)c(=O)n3-c3ccccc3)CC2)c1. The molecule has 5 rings (SSSR count). The van der Waals surface area contributed by atoms with Crippen LogP contribution in [-0.2, 0) is 10.0 Å². The third kappa shape index (κ3) is 4.58. The number of benzene rings is 3. The van der Waals surface area contributed by atoms with Crippen LogP contribution in [0.1, 0.15) is 21.6 Å². The van der Waals surface area contributed by atoms with Crippen molar-refractivity contribution in [1.82, 2.24) is 13.4 Å². The number of nitrogens with zero attached hydrogens (tertiary/aromatic N) is 4. The lowest BCUT2D eigenvalue weighted by atomic mass is 10.1. The lowest BCUT2D eigenvalue weighted by Gasteiger charge is -2.37. The van der Waals surface area contributed by atoms with E-state index in [9.17, 15) is 18.0 Å². The van der Waals surface area contributed by atoms with Crippen LogP contribution in [-0.4, -0.2) is 53.9 Å². The monoisotopic (exact) mass is 516 g/mol. The van der Waals surface area contributed by atoms with E-state index < -0.39 is 15.7 Å². The summed E-state index contributed by atoms with van der Waals surface area (Å²) in [6, 6.07) is 22.7. The third-order valence-corrected chi connectivity index (χ3v) is 8.31. The van der Waals surface area contributed by atoms with E-state index in [1.807, 2.05) is 0 Å². The first kappa shape index (κ1) is 24.6. The Morgan fingerprint density at radius 3 is 2.08 bits per heavy atom. The van der Waals surface area contributed by atoms with Crippen molar-refractivity contribution < 1.29 is 13.2 Å². The molecule has 2 heterocycles. The molecular formula is C28H28N4O4S. The molecule has 8 nitrogen and oxygen atoms in total. The Morgan fingerprint density at radius 2 is 1.43 bits per heavy atom. The first-order valence-electron chi connectivity index (χ1n) is 12.1. The van der Waals surface area contributed by atoms with Gasteiger partial charge >= 0.3 is 5.69 Å². The zero-order chi connectivity index (χ0) is 26.2. The Labute approximate surface area is 216 Å². The summed E-state index contributed by atoms with van der Waals surface area (Å²) in [5, 5.41) is 0. The van der Waals surface area contributed by atoms with Crippen molar-refractivity contribution in [3.8, 4) is 5.69 Å². The number of carbonyl (C=O) groups is 1. The molecule has 0 saturated carbocycles. The maximum atomic E-state index is 13.7. The highest BCUT2D eigenvalue weighted by molar-refractivity contribution is 7.90. The average Bonchev–Trinajstić information content (AvgIpc) is 3.28. The van der Waals surface area contributed by atoms with Crippen molar-refractivity contribution in [2.45, 2.75) is 18.7 Å². The molecule has 1 fully saturated rings. The number of rotatable bonds is 5. The fraction of sp³-hybridized carbons (Fsp3) is 0.214. The number of hydrogen-bond acceptors (Lipinski definition) is 5. The van der Waals surface area contributed by atoms with Crippen molar-refractivity contribution in [2.75, 3.05) is 31.1 Å².